The molecule has 0 saturated carbocycles. The molecule has 2 N–H and O–H groups in total. The maximum absolute atomic E-state index is 5.10. The number of aryl methyl sites for hydroxylation is 1. The van der Waals surface area contributed by atoms with E-state index in [1.165, 1.54) is 11.3 Å². The topological polar surface area (TPSA) is 52.1 Å². The van der Waals surface area contributed by atoms with Crippen LogP contribution in [0.4, 0.5) is 5.69 Å². The molecule has 0 bridgehead atoms. The van der Waals surface area contributed by atoms with E-state index in [2.05, 4.69) is 63.7 Å². The molecule has 0 amide bonds. The lowest BCUT2D eigenvalue weighted by Crippen LogP contribution is -2.46. The Balaban J connectivity index is 0.00000338. The van der Waals surface area contributed by atoms with Gasteiger partial charge < -0.3 is 25.2 Å². The predicted octanol–water partition coefficient (Wildman–Crippen LogP) is 1.93. The zero-order valence-corrected chi connectivity index (χ0v) is 18.8. The summed E-state index contributed by atoms with van der Waals surface area (Å²) in [6, 6.07) is 9.20. The Hall–Kier alpha value is -1.06. The fourth-order valence-corrected chi connectivity index (χ4v) is 2.98. The number of methoxy groups -OCH3 is 1. The molecule has 1 fully saturated rings. The van der Waals surface area contributed by atoms with Gasteiger partial charge in [0, 0.05) is 58.6 Å². The third-order valence-corrected chi connectivity index (χ3v) is 4.61. The van der Waals surface area contributed by atoms with Gasteiger partial charge in [-0.3, -0.25) is 4.99 Å². The molecule has 0 spiro atoms. The third-order valence-electron chi connectivity index (χ3n) is 4.61. The fraction of sp³-hybridized carbons (Fsp3) is 0.632. The molecular weight excluding hydrogens is 441 g/mol. The summed E-state index contributed by atoms with van der Waals surface area (Å²) < 4.78 is 5.10. The number of guanidine groups is 1. The fourth-order valence-electron chi connectivity index (χ4n) is 2.98. The standard InChI is InChI=1S/C19H33N5O.HI/c1-16-5-7-18(8-6-16)24-11-9-17(15-24)22-19(20-2)21-10-12-23(3)13-14-25-4;/h5-8,17H,9-15H2,1-4H3,(H2,20,21,22);1H. The zero-order valence-electron chi connectivity index (χ0n) is 16.5. The van der Waals surface area contributed by atoms with Gasteiger partial charge in [-0.2, -0.15) is 0 Å². The van der Waals surface area contributed by atoms with E-state index in [4.69, 9.17) is 4.74 Å². The van der Waals surface area contributed by atoms with Crippen molar-refractivity contribution in [2.45, 2.75) is 19.4 Å². The molecule has 0 aliphatic carbocycles. The summed E-state index contributed by atoms with van der Waals surface area (Å²) >= 11 is 0. The minimum atomic E-state index is 0. The van der Waals surface area contributed by atoms with Crippen LogP contribution in [0.25, 0.3) is 0 Å². The van der Waals surface area contributed by atoms with E-state index in [0.29, 0.717) is 6.04 Å². The minimum Gasteiger partial charge on any atom is -0.383 e. The largest absolute Gasteiger partial charge is 0.383 e. The van der Waals surface area contributed by atoms with Gasteiger partial charge in [-0.05, 0) is 32.5 Å². The van der Waals surface area contributed by atoms with Gasteiger partial charge in [-0.1, -0.05) is 17.7 Å². The molecule has 1 aromatic carbocycles. The van der Waals surface area contributed by atoms with Crippen LogP contribution in [0, 0.1) is 6.92 Å². The van der Waals surface area contributed by atoms with Crippen molar-refractivity contribution in [2.75, 3.05) is 65.4 Å². The Kier molecular flexibility index (Phi) is 10.9. The summed E-state index contributed by atoms with van der Waals surface area (Å²) in [6.07, 6.45) is 1.13. The molecule has 6 nitrogen and oxygen atoms in total. The van der Waals surface area contributed by atoms with E-state index < -0.39 is 0 Å². The molecule has 1 unspecified atom stereocenters. The van der Waals surface area contributed by atoms with Crippen molar-refractivity contribution in [3.8, 4) is 0 Å². The van der Waals surface area contributed by atoms with Crippen LogP contribution in [0.5, 0.6) is 0 Å². The van der Waals surface area contributed by atoms with Gasteiger partial charge in [0.1, 0.15) is 0 Å². The highest BCUT2D eigenvalue weighted by Gasteiger charge is 2.23. The van der Waals surface area contributed by atoms with Gasteiger partial charge in [0.25, 0.3) is 0 Å². The smallest absolute Gasteiger partial charge is 0.191 e. The lowest BCUT2D eigenvalue weighted by Gasteiger charge is -2.21. The highest BCUT2D eigenvalue weighted by Crippen LogP contribution is 2.20. The monoisotopic (exact) mass is 475 g/mol. The van der Waals surface area contributed by atoms with Crippen molar-refractivity contribution < 1.29 is 4.74 Å². The van der Waals surface area contributed by atoms with Crippen molar-refractivity contribution >= 4 is 35.6 Å². The molecule has 0 aromatic heterocycles. The Morgan fingerprint density at radius 2 is 2.04 bits per heavy atom. The average molecular weight is 475 g/mol. The lowest BCUT2D eigenvalue weighted by molar-refractivity contribution is 0.162. The first-order valence-corrected chi connectivity index (χ1v) is 9.08. The molecule has 148 valence electrons. The molecule has 1 atom stereocenters. The molecule has 7 heteroatoms. The van der Waals surface area contributed by atoms with E-state index in [-0.39, 0.29) is 24.0 Å². The molecule has 0 radical (unpaired) electrons. The summed E-state index contributed by atoms with van der Waals surface area (Å²) in [5, 5.41) is 6.95. The Morgan fingerprint density at radius 1 is 1.31 bits per heavy atom. The highest BCUT2D eigenvalue weighted by atomic mass is 127. The van der Waals surface area contributed by atoms with Crippen LogP contribution in [0.15, 0.2) is 29.3 Å². The van der Waals surface area contributed by atoms with E-state index in [9.17, 15) is 0 Å². The first-order valence-electron chi connectivity index (χ1n) is 9.08. The number of hydrogen-bond acceptors (Lipinski definition) is 4. The first-order chi connectivity index (χ1) is 12.1. The number of hydrogen-bond donors (Lipinski definition) is 2. The number of anilines is 1. The molecule has 26 heavy (non-hydrogen) atoms. The van der Waals surface area contributed by atoms with Crippen LogP contribution in [-0.2, 0) is 4.74 Å². The number of aliphatic imine (C=N–C) groups is 1. The quantitative estimate of drug-likeness (QED) is 0.342. The number of benzene rings is 1. The van der Waals surface area contributed by atoms with E-state index in [1.54, 1.807) is 7.11 Å². The summed E-state index contributed by atoms with van der Waals surface area (Å²) in [5.74, 6) is 0.885. The second kappa shape index (κ2) is 12.3. The van der Waals surface area contributed by atoms with Crippen molar-refractivity contribution in [1.29, 1.82) is 0 Å². The van der Waals surface area contributed by atoms with Crippen LogP contribution in [-0.4, -0.2) is 77.4 Å². The zero-order chi connectivity index (χ0) is 18.1. The van der Waals surface area contributed by atoms with Gasteiger partial charge in [-0.15, -0.1) is 24.0 Å². The number of ether oxygens (including phenoxy) is 1. The number of nitrogens with one attached hydrogen (secondary N) is 2. The maximum Gasteiger partial charge on any atom is 0.191 e. The van der Waals surface area contributed by atoms with Crippen LogP contribution < -0.4 is 15.5 Å². The predicted molar refractivity (Wildman–Crippen MR) is 121 cm³/mol. The van der Waals surface area contributed by atoms with Crippen LogP contribution in [0.2, 0.25) is 0 Å². The minimum absolute atomic E-state index is 0. The van der Waals surface area contributed by atoms with Crippen LogP contribution in [0.1, 0.15) is 12.0 Å². The van der Waals surface area contributed by atoms with Crippen molar-refractivity contribution in [1.82, 2.24) is 15.5 Å². The summed E-state index contributed by atoms with van der Waals surface area (Å²) in [4.78, 5) is 9.03. The summed E-state index contributed by atoms with van der Waals surface area (Å²) in [5.41, 5.74) is 2.61. The van der Waals surface area contributed by atoms with Gasteiger partial charge in [0.2, 0.25) is 0 Å². The molecule has 2 rings (SSSR count). The Labute approximate surface area is 175 Å². The SMILES string of the molecule is CN=C(NCCN(C)CCOC)NC1CCN(c2ccc(C)cc2)C1.I. The molecule has 1 saturated heterocycles. The van der Waals surface area contributed by atoms with Crippen molar-refractivity contribution in [2.24, 2.45) is 4.99 Å². The molecule has 1 aliphatic heterocycles. The van der Waals surface area contributed by atoms with Gasteiger partial charge in [0.05, 0.1) is 6.61 Å². The van der Waals surface area contributed by atoms with Crippen LogP contribution >= 0.6 is 24.0 Å². The molecular formula is C19H34IN5O. The van der Waals surface area contributed by atoms with Gasteiger partial charge >= 0.3 is 0 Å². The number of halogens is 1. The Morgan fingerprint density at radius 3 is 2.69 bits per heavy atom. The van der Waals surface area contributed by atoms with Crippen LogP contribution in [0.3, 0.4) is 0 Å². The highest BCUT2D eigenvalue weighted by molar-refractivity contribution is 14.0. The Bertz CT molecular complexity index is 537. The lowest BCUT2D eigenvalue weighted by atomic mass is 10.2. The second-order valence-electron chi connectivity index (χ2n) is 6.71. The van der Waals surface area contributed by atoms with E-state index >= 15 is 0 Å². The number of likely N-dealkylation sites (N-methyl/N-ethyl adjacent to an activating group) is 1. The maximum atomic E-state index is 5.10. The van der Waals surface area contributed by atoms with Crippen molar-refractivity contribution in [3.05, 3.63) is 29.8 Å². The van der Waals surface area contributed by atoms with Gasteiger partial charge in [0.15, 0.2) is 5.96 Å². The average Bonchev–Trinajstić information content (AvgIpc) is 3.08. The molecule has 1 aromatic rings. The van der Waals surface area contributed by atoms with E-state index in [1.807, 2.05) is 7.05 Å². The summed E-state index contributed by atoms with van der Waals surface area (Å²) in [6.45, 7) is 7.76. The third kappa shape index (κ3) is 7.67. The number of nitrogens with zero attached hydrogens (tertiary/aromatic N) is 3. The molecule has 1 heterocycles. The first kappa shape index (κ1) is 23.0. The second-order valence-corrected chi connectivity index (χ2v) is 6.71. The van der Waals surface area contributed by atoms with Crippen molar-refractivity contribution in [3.63, 3.8) is 0 Å². The van der Waals surface area contributed by atoms with Gasteiger partial charge in [-0.25, -0.2) is 0 Å². The normalized spacial score (nSPS) is 17.3. The van der Waals surface area contributed by atoms with E-state index in [0.717, 1.165) is 51.7 Å². The number of rotatable bonds is 8. The molecule has 1 aliphatic rings. The summed E-state index contributed by atoms with van der Waals surface area (Å²) in [7, 11) is 5.67.